The van der Waals surface area contributed by atoms with Crippen molar-refractivity contribution in [1.29, 1.82) is 0 Å². The SMILES string of the molecule is O=C(C=Cc1ccc(Cl)c([N+](=O)[O-])c1)Nc1cccc(Br)c1. The van der Waals surface area contributed by atoms with E-state index in [-0.39, 0.29) is 16.6 Å². The third-order valence-corrected chi connectivity index (χ3v) is 3.50. The Kier molecular flexibility index (Phi) is 5.30. The second kappa shape index (κ2) is 7.20. The number of benzene rings is 2. The Balaban J connectivity index is 2.10. The van der Waals surface area contributed by atoms with Crippen LogP contribution in [0.25, 0.3) is 6.08 Å². The van der Waals surface area contributed by atoms with Crippen LogP contribution in [0.5, 0.6) is 0 Å². The Hall–Kier alpha value is -2.18. The zero-order valence-corrected chi connectivity index (χ0v) is 13.5. The van der Waals surface area contributed by atoms with E-state index in [0.29, 0.717) is 11.3 Å². The van der Waals surface area contributed by atoms with Gasteiger partial charge < -0.3 is 5.32 Å². The van der Waals surface area contributed by atoms with Crippen molar-refractivity contribution in [2.24, 2.45) is 0 Å². The highest BCUT2D eigenvalue weighted by molar-refractivity contribution is 9.10. The number of carbonyl (C=O) groups is 1. The molecule has 0 spiro atoms. The largest absolute Gasteiger partial charge is 0.322 e. The van der Waals surface area contributed by atoms with Crippen LogP contribution in [0, 0.1) is 10.1 Å². The van der Waals surface area contributed by atoms with Gasteiger partial charge in [0, 0.05) is 22.3 Å². The number of rotatable bonds is 4. The first-order valence-corrected chi connectivity index (χ1v) is 7.31. The number of halogens is 2. The number of carbonyl (C=O) groups excluding carboxylic acids is 1. The summed E-state index contributed by atoms with van der Waals surface area (Å²) in [5.74, 6) is -0.337. The molecule has 2 aromatic carbocycles. The standard InChI is InChI=1S/C15H10BrClN2O3/c16-11-2-1-3-12(9-11)18-15(20)7-5-10-4-6-13(17)14(8-10)19(21)22/h1-9H,(H,18,20). The average Bonchev–Trinajstić information content (AvgIpc) is 2.46. The van der Waals surface area contributed by atoms with Gasteiger partial charge in [-0.2, -0.15) is 0 Å². The van der Waals surface area contributed by atoms with E-state index >= 15 is 0 Å². The van der Waals surface area contributed by atoms with Gasteiger partial charge in [-0.05, 0) is 35.9 Å². The van der Waals surface area contributed by atoms with Crippen LogP contribution in [0.1, 0.15) is 5.56 Å². The van der Waals surface area contributed by atoms with E-state index in [1.54, 1.807) is 24.3 Å². The van der Waals surface area contributed by atoms with E-state index in [9.17, 15) is 14.9 Å². The van der Waals surface area contributed by atoms with E-state index < -0.39 is 4.92 Å². The Labute approximate surface area is 139 Å². The summed E-state index contributed by atoms with van der Waals surface area (Å²) in [5.41, 5.74) is 0.961. The first-order valence-electron chi connectivity index (χ1n) is 6.14. The number of nitrogens with zero attached hydrogens (tertiary/aromatic N) is 1. The number of hydrogen-bond donors (Lipinski definition) is 1. The van der Waals surface area contributed by atoms with Crippen molar-refractivity contribution in [2.75, 3.05) is 5.32 Å². The van der Waals surface area contributed by atoms with Crippen molar-refractivity contribution in [2.45, 2.75) is 0 Å². The fourth-order valence-electron chi connectivity index (χ4n) is 1.70. The summed E-state index contributed by atoms with van der Waals surface area (Å²) in [6, 6.07) is 11.5. The van der Waals surface area contributed by atoms with Crippen molar-refractivity contribution < 1.29 is 9.72 Å². The Bertz CT molecular complexity index is 762. The summed E-state index contributed by atoms with van der Waals surface area (Å²) in [4.78, 5) is 22.0. The van der Waals surface area contributed by atoms with E-state index in [1.807, 2.05) is 6.07 Å². The topological polar surface area (TPSA) is 72.2 Å². The van der Waals surface area contributed by atoms with Crippen LogP contribution in [0.2, 0.25) is 5.02 Å². The number of nitrogens with one attached hydrogen (secondary N) is 1. The van der Waals surface area contributed by atoms with Crippen molar-refractivity contribution in [3.05, 3.63) is 73.7 Å². The molecular weight excluding hydrogens is 372 g/mol. The summed E-state index contributed by atoms with van der Waals surface area (Å²) in [7, 11) is 0. The van der Waals surface area contributed by atoms with Crippen LogP contribution >= 0.6 is 27.5 Å². The Morgan fingerprint density at radius 2 is 2.05 bits per heavy atom. The quantitative estimate of drug-likeness (QED) is 0.475. The van der Waals surface area contributed by atoms with E-state index in [0.717, 1.165) is 4.47 Å². The maximum Gasteiger partial charge on any atom is 0.288 e. The third-order valence-electron chi connectivity index (χ3n) is 2.69. The summed E-state index contributed by atoms with van der Waals surface area (Å²) >= 11 is 9.04. The predicted octanol–water partition coefficient (Wildman–Crippen LogP) is 4.66. The van der Waals surface area contributed by atoms with Crippen molar-refractivity contribution in [3.8, 4) is 0 Å². The second-order valence-electron chi connectivity index (χ2n) is 4.30. The van der Waals surface area contributed by atoms with Gasteiger partial charge in [-0.3, -0.25) is 14.9 Å². The lowest BCUT2D eigenvalue weighted by Crippen LogP contribution is -2.07. The molecule has 0 aliphatic heterocycles. The molecule has 0 aromatic heterocycles. The van der Waals surface area contributed by atoms with Crippen LogP contribution in [-0.2, 0) is 4.79 Å². The third kappa shape index (κ3) is 4.41. The lowest BCUT2D eigenvalue weighted by molar-refractivity contribution is -0.384. The maximum absolute atomic E-state index is 11.8. The molecule has 2 aromatic rings. The smallest absolute Gasteiger partial charge is 0.288 e. The van der Waals surface area contributed by atoms with Gasteiger partial charge in [0.1, 0.15) is 5.02 Å². The van der Waals surface area contributed by atoms with Crippen LogP contribution in [0.15, 0.2) is 53.0 Å². The molecule has 1 N–H and O–H groups in total. The molecule has 0 unspecified atom stereocenters. The van der Waals surface area contributed by atoms with Crippen LogP contribution in [0.4, 0.5) is 11.4 Å². The summed E-state index contributed by atoms with van der Waals surface area (Å²) < 4.78 is 0.850. The highest BCUT2D eigenvalue weighted by atomic mass is 79.9. The number of nitro benzene ring substituents is 1. The lowest BCUT2D eigenvalue weighted by Gasteiger charge is -2.02. The minimum absolute atomic E-state index is 0.0562. The van der Waals surface area contributed by atoms with Gasteiger partial charge >= 0.3 is 0 Å². The van der Waals surface area contributed by atoms with E-state index in [2.05, 4.69) is 21.2 Å². The van der Waals surface area contributed by atoms with Crippen LogP contribution in [-0.4, -0.2) is 10.8 Å². The number of nitro groups is 1. The molecule has 0 aliphatic rings. The minimum atomic E-state index is -0.568. The molecule has 5 nitrogen and oxygen atoms in total. The Morgan fingerprint density at radius 3 is 2.73 bits per heavy atom. The maximum atomic E-state index is 11.8. The van der Waals surface area contributed by atoms with Gasteiger partial charge in [-0.1, -0.05) is 39.7 Å². The number of hydrogen-bond acceptors (Lipinski definition) is 3. The molecule has 0 saturated carbocycles. The van der Waals surface area contributed by atoms with Gasteiger partial charge in [0.05, 0.1) is 4.92 Å². The molecule has 0 heterocycles. The monoisotopic (exact) mass is 380 g/mol. The van der Waals surface area contributed by atoms with Crippen molar-refractivity contribution in [1.82, 2.24) is 0 Å². The minimum Gasteiger partial charge on any atom is -0.322 e. The fourth-order valence-corrected chi connectivity index (χ4v) is 2.28. The van der Waals surface area contributed by atoms with Crippen molar-refractivity contribution in [3.63, 3.8) is 0 Å². The molecule has 1 amide bonds. The van der Waals surface area contributed by atoms with Gasteiger partial charge in [0.15, 0.2) is 0 Å². The molecule has 0 bridgehead atoms. The lowest BCUT2D eigenvalue weighted by atomic mass is 10.2. The van der Waals surface area contributed by atoms with Gasteiger partial charge in [-0.15, -0.1) is 0 Å². The van der Waals surface area contributed by atoms with Gasteiger partial charge in [0.2, 0.25) is 5.91 Å². The molecule has 0 aliphatic carbocycles. The van der Waals surface area contributed by atoms with Gasteiger partial charge in [0.25, 0.3) is 5.69 Å². The van der Waals surface area contributed by atoms with Gasteiger partial charge in [-0.25, -0.2) is 0 Å². The van der Waals surface area contributed by atoms with Crippen LogP contribution < -0.4 is 5.32 Å². The Morgan fingerprint density at radius 1 is 1.27 bits per heavy atom. The predicted molar refractivity (Wildman–Crippen MR) is 89.9 cm³/mol. The number of amides is 1. The molecule has 0 radical (unpaired) electrons. The van der Waals surface area contributed by atoms with Crippen LogP contribution in [0.3, 0.4) is 0 Å². The zero-order chi connectivity index (χ0) is 16.1. The summed E-state index contributed by atoms with van der Waals surface area (Å²) in [6.45, 7) is 0. The molecule has 2 rings (SSSR count). The highest BCUT2D eigenvalue weighted by Gasteiger charge is 2.11. The first kappa shape index (κ1) is 16.2. The molecule has 0 saturated heterocycles. The summed E-state index contributed by atoms with van der Waals surface area (Å²) in [6.07, 6.45) is 2.78. The molecule has 22 heavy (non-hydrogen) atoms. The van der Waals surface area contributed by atoms with E-state index in [4.69, 9.17) is 11.6 Å². The fraction of sp³-hybridized carbons (Fsp3) is 0. The number of anilines is 1. The van der Waals surface area contributed by atoms with E-state index in [1.165, 1.54) is 24.3 Å². The summed E-state index contributed by atoms with van der Waals surface area (Å²) in [5, 5.41) is 13.5. The average molecular weight is 382 g/mol. The van der Waals surface area contributed by atoms with Crippen molar-refractivity contribution >= 4 is 50.9 Å². The molecule has 112 valence electrons. The molecule has 7 heteroatoms. The zero-order valence-electron chi connectivity index (χ0n) is 11.1. The molecular formula is C15H10BrClN2O3. The first-order chi connectivity index (χ1) is 10.5. The normalized spacial score (nSPS) is 10.6. The molecule has 0 atom stereocenters. The second-order valence-corrected chi connectivity index (χ2v) is 5.62. The highest BCUT2D eigenvalue weighted by Crippen LogP contribution is 2.25. The molecule has 0 fully saturated rings.